The first-order chi connectivity index (χ1) is 22.2. The summed E-state index contributed by atoms with van der Waals surface area (Å²) >= 11 is 0. The molecule has 270 valence electrons. The number of hydrogen-bond acceptors (Lipinski definition) is 6. The molecule has 0 radical (unpaired) electrons. The van der Waals surface area contributed by atoms with Gasteiger partial charge in [-0.1, -0.05) is 125 Å². The van der Waals surface area contributed by atoms with E-state index in [1.807, 2.05) is 0 Å². The van der Waals surface area contributed by atoms with Gasteiger partial charge in [-0.15, -0.1) is 0 Å². The van der Waals surface area contributed by atoms with Gasteiger partial charge in [0.25, 0.3) is 0 Å². The number of carbonyl (C=O) groups excluding carboxylic acids is 2. The lowest BCUT2D eigenvalue weighted by Crippen LogP contribution is -2.29. The van der Waals surface area contributed by atoms with Crippen LogP contribution in [0.4, 0.5) is 0 Å². The fraction of sp³-hybridized carbons (Fsp3) is 0.950. The molecule has 0 aromatic carbocycles. The lowest BCUT2D eigenvalue weighted by molar-refractivity contribution is -0.152. The Hall–Kier alpha value is -1.14. The molecular weight excluding hydrogens is 574 g/mol. The number of carbonyl (C=O) groups is 2. The molecule has 0 aliphatic heterocycles. The van der Waals surface area contributed by atoms with Crippen LogP contribution in [0.3, 0.4) is 0 Å². The number of ether oxygens (including phenoxy) is 2. The molecule has 0 heterocycles. The van der Waals surface area contributed by atoms with Gasteiger partial charge in [-0.3, -0.25) is 9.59 Å². The number of fused-ring (bicyclic) bond motifs is 1. The molecule has 0 aromatic rings. The molecule has 2 unspecified atom stereocenters. The molecule has 6 heteroatoms. The number of unbranched alkanes of at least 4 members (excludes halogenated alkanes) is 12. The average molecular weight is 650 g/mol. The first-order valence-corrected chi connectivity index (χ1v) is 19.9. The van der Waals surface area contributed by atoms with E-state index in [1.54, 1.807) is 0 Å². The molecule has 2 rings (SSSR count). The van der Waals surface area contributed by atoms with Crippen molar-refractivity contribution in [1.29, 1.82) is 0 Å². The third-order valence-electron chi connectivity index (χ3n) is 11.9. The van der Waals surface area contributed by atoms with Crippen molar-refractivity contribution in [2.24, 2.45) is 22.7 Å². The smallest absolute Gasteiger partial charge is 0.306 e. The van der Waals surface area contributed by atoms with E-state index < -0.39 is 0 Å². The van der Waals surface area contributed by atoms with Crippen LogP contribution in [0.15, 0.2) is 0 Å². The molecule has 46 heavy (non-hydrogen) atoms. The molecule has 0 spiro atoms. The molecule has 2 fully saturated rings. The highest BCUT2D eigenvalue weighted by Gasteiger charge is 2.72. The Kier molecular flexibility index (Phi) is 20.7. The van der Waals surface area contributed by atoms with Crippen molar-refractivity contribution < 1.29 is 24.2 Å². The molecule has 1 N–H and O–H groups in total. The van der Waals surface area contributed by atoms with Gasteiger partial charge in [0.15, 0.2) is 0 Å². The summed E-state index contributed by atoms with van der Waals surface area (Å²) in [5.74, 6) is 1.34. The van der Waals surface area contributed by atoms with Crippen LogP contribution < -0.4 is 0 Å². The van der Waals surface area contributed by atoms with E-state index in [0.29, 0.717) is 36.7 Å². The third-order valence-corrected chi connectivity index (χ3v) is 11.9. The van der Waals surface area contributed by atoms with Gasteiger partial charge >= 0.3 is 11.9 Å². The van der Waals surface area contributed by atoms with Crippen LogP contribution in [0.2, 0.25) is 0 Å². The summed E-state index contributed by atoms with van der Waals surface area (Å²) in [5.41, 5.74) is 0.590. The monoisotopic (exact) mass is 650 g/mol. The van der Waals surface area contributed by atoms with Gasteiger partial charge in [-0.2, -0.15) is 0 Å². The van der Waals surface area contributed by atoms with Gasteiger partial charge in [-0.25, -0.2) is 0 Å². The van der Waals surface area contributed by atoms with Crippen molar-refractivity contribution in [3.8, 4) is 0 Å². The zero-order chi connectivity index (χ0) is 33.7. The van der Waals surface area contributed by atoms with E-state index in [2.05, 4.69) is 39.5 Å². The minimum Gasteiger partial charge on any atom is -0.466 e. The number of rotatable bonds is 30. The first-order valence-electron chi connectivity index (χ1n) is 19.9. The van der Waals surface area contributed by atoms with Gasteiger partial charge in [0.1, 0.15) is 6.10 Å². The van der Waals surface area contributed by atoms with Crippen molar-refractivity contribution in [2.45, 2.75) is 188 Å². The number of esters is 2. The Labute approximate surface area is 284 Å². The van der Waals surface area contributed by atoms with Crippen LogP contribution in [0.5, 0.6) is 0 Å². The summed E-state index contributed by atoms with van der Waals surface area (Å²) in [5, 5.41) is 9.51. The number of aliphatic hydroxyl groups is 1. The summed E-state index contributed by atoms with van der Waals surface area (Å²) in [6.07, 6.45) is 25.7. The second-order valence-corrected chi connectivity index (χ2v) is 15.6. The maximum atomic E-state index is 12.4. The van der Waals surface area contributed by atoms with E-state index in [0.717, 1.165) is 83.8 Å². The second-order valence-electron chi connectivity index (χ2n) is 15.6. The van der Waals surface area contributed by atoms with E-state index in [1.165, 1.54) is 70.6 Å². The topological polar surface area (TPSA) is 76.1 Å². The summed E-state index contributed by atoms with van der Waals surface area (Å²) < 4.78 is 11.5. The highest BCUT2D eigenvalue weighted by Crippen LogP contribution is 2.75. The molecule has 2 aliphatic carbocycles. The van der Waals surface area contributed by atoms with Crippen molar-refractivity contribution >= 4 is 11.9 Å². The third kappa shape index (κ3) is 15.0. The predicted octanol–water partition coefficient (Wildman–Crippen LogP) is 10.0. The first kappa shape index (κ1) is 41.0. The SMILES string of the molecule is CCCCCC(CCCCC)CCOC(=O)CCCCCCCN(CCO)CCCCCCCC(=O)OC1C[C@@H](C)C2(C)C[C@@]12C. The molecular formula is C40H75NO5. The second kappa shape index (κ2) is 23.3. The van der Waals surface area contributed by atoms with E-state index >= 15 is 0 Å². The molecule has 2 saturated carbocycles. The Morgan fingerprint density at radius 2 is 1.26 bits per heavy atom. The number of nitrogens with zero attached hydrogens (tertiary/aromatic N) is 1. The molecule has 4 atom stereocenters. The maximum Gasteiger partial charge on any atom is 0.306 e. The van der Waals surface area contributed by atoms with Crippen molar-refractivity contribution in [3.05, 3.63) is 0 Å². The fourth-order valence-electron chi connectivity index (χ4n) is 8.13. The van der Waals surface area contributed by atoms with Crippen LogP contribution in [-0.4, -0.2) is 60.9 Å². The van der Waals surface area contributed by atoms with Crippen molar-refractivity contribution in [1.82, 2.24) is 4.90 Å². The molecule has 0 saturated heterocycles. The van der Waals surface area contributed by atoms with E-state index in [4.69, 9.17) is 9.47 Å². The zero-order valence-electron chi connectivity index (χ0n) is 31.1. The Morgan fingerprint density at radius 1 is 0.717 bits per heavy atom. The summed E-state index contributed by atoms with van der Waals surface area (Å²) in [6, 6.07) is 0. The molecule has 0 aromatic heterocycles. The van der Waals surface area contributed by atoms with Gasteiger partial charge in [-0.05, 0) is 75.3 Å². The maximum absolute atomic E-state index is 12.4. The van der Waals surface area contributed by atoms with Crippen LogP contribution >= 0.6 is 0 Å². The van der Waals surface area contributed by atoms with Crippen molar-refractivity contribution in [3.63, 3.8) is 0 Å². The van der Waals surface area contributed by atoms with Gasteiger partial charge < -0.3 is 19.5 Å². The van der Waals surface area contributed by atoms with E-state index in [-0.39, 0.29) is 30.1 Å². The van der Waals surface area contributed by atoms with Crippen LogP contribution in [0.1, 0.15) is 182 Å². The van der Waals surface area contributed by atoms with Gasteiger partial charge in [0.05, 0.1) is 13.2 Å². The Bertz CT molecular complexity index is 809. The van der Waals surface area contributed by atoms with Crippen LogP contribution in [0, 0.1) is 22.7 Å². The number of hydrogen-bond donors (Lipinski definition) is 1. The standard InChI is InChI=1S/C40H75NO5/c1-6-8-16-22-35(23-17-9-7-2)26-31-45-37(43)24-18-12-10-14-20-27-41(29-30-42)28-21-15-11-13-19-25-38(44)46-36-32-34(3)39(4)33-40(36,39)5/h34-36,42H,6-33H2,1-5H3/t34-,36?,39?,40+/m1/s1. The van der Waals surface area contributed by atoms with Gasteiger partial charge in [0.2, 0.25) is 0 Å². The summed E-state index contributed by atoms with van der Waals surface area (Å²) in [6.45, 7) is 15.1. The highest BCUT2D eigenvalue weighted by molar-refractivity contribution is 5.70. The van der Waals surface area contributed by atoms with Crippen LogP contribution in [-0.2, 0) is 19.1 Å². The molecule has 2 aliphatic rings. The average Bonchev–Trinajstić information content (AvgIpc) is 3.56. The summed E-state index contributed by atoms with van der Waals surface area (Å²) in [4.78, 5) is 27.1. The number of aliphatic hydroxyl groups excluding tert-OH is 1. The van der Waals surface area contributed by atoms with Gasteiger partial charge in [0, 0.05) is 24.8 Å². The zero-order valence-corrected chi connectivity index (χ0v) is 31.1. The molecule has 0 bridgehead atoms. The normalized spacial score (nSPS) is 23.7. The minimum absolute atomic E-state index is 0.00156. The summed E-state index contributed by atoms with van der Waals surface area (Å²) in [7, 11) is 0. The largest absolute Gasteiger partial charge is 0.466 e. The minimum atomic E-state index is -0.0196. The predicted molar refractivity (Wildman–Crippen MR) is 191 cm³/mol. The molecule has 0 amide bonds. The van der Waals surface area contributed by atoms with Crippen molar-refractivity contribution in [2.75, 3.05) is 32.8 Å². The fourth-order valence-corrected chi connectivity index (χ4v) is 8.13. The lowest BCUT2D eigenvalue weighted by Gasteiger charge is -2.21. The molecule has 6 nitrogen and oxygen atoms in total. The van der Waals surface area contributed by atoms with E-state index in [9.17, 15) is 14.7 Å². The Balaban J connectivity index is 1.42. The highest BCUT2D eigenvalue weighted by atomic mass is 16.5. The Morgan fingerprint density at radius 3 is 1.76 bits per heavy atom. The lowest BCUT2D eigenvalue weighted by atomic mass is 9.92. The van der Waals surface area contributed by atoms with Crippen LogP contribution in [0.25, 0.3) is 0 Å². The quantitative estimate of drug-likeness (QED) is 0.0617.